The van der Waals surface area contributed by atoms with Crippen molar-refractivity contribution < 1.29 is 24.0 Å². The number of hydrogen-bond donors (Lipinski definition) is 3. The van der Waals surface area contributed by atoms with Gasteiger partial charge in [-0.1, -0.05) is 16.8 Å². The smallest absolute Gasteiger partial charge is 0.260 e. The molecule has 1 aliphatic heterocycles. The molecule has 4 N–H and O–H groups in total. The van der Waals surface area contributed by atoms with Gasteiger partial charge in [0.2, 0.25) is 0 Å². The number of anilines is 3. The third-order valence-electron chi connectivity index (χ3n) is 5.56. The van der Waals surface area contributed by atoms with Crippen molar-refractivity contribution in [1.82, 2.24) is 25.1 Å². The van der Waals surface area contributed by atoms with E-state index in [1.807, 2.05) is 0 Å². The lowest BCUT2D eigenvalue weighted by molar-refractivity contribution is -0.165. The Balaban J connectivity index is 1.35. The van der Waals surface area contributed by atoms with Gasteiger partial charge in [0, 0.05) is 24.0 Å². The minimum atomic E-state index is -2.23. The summed E-state index contributed by atoms with van der Waals surface area (Å²) < 4.78 is 12.2. The van der Waals surface area contributed by atoms with Crippen LogP contribution in [0.25, 0.3) is 16.7 Å². The zero-order valence-corrected chi connectivity index (χ0v) is 19.0. The molecule has 180 valence electrons. The van der Waals surface area contributed by atoms with Crippen LogP contribution in [-0.2, 0) is 14.3 Å². The minimum absolute atomic E-state index is 0.0820. The Kier molecular flexibility index (Phi) is 5.59. The van der Waals surface area contributed by atoms with Crippen LogP contribution in [0.15, 0.2) is 47.4 Å². The first kappa shape index (κ1) is 22.7. The number of nitrogens with two attached hydrogens (primary N) is 1. The molecule has 0 aliphatic carbocycles. The highest BCUT2D eigenvalue weighted by Gasteiger charge is 2.49. The maximum absolute atomic E-state index is 13.2. The number of hydrogen-bond acceptors (Lipinski definition) is 10. The number of aliphatic hydroxyl groups is 1. The fourth-order valence-corrected chi connectivity index (χ4v) is 4.04. The first-order chi connectivity index (χ1) is 16.8. The van der Waals surface area contributed by atoms with Crippen molar-refractivity contribution in [2.75, 3.05) is 29.1 Å². The van der Waals surface area contributed by atoms with E-state index in [-0.39, 0.29) is 35.3 Å². The fraction of sp³-hybridized carbons (Fsp3) is 0.238. The number of morpholine rings is 1. The molecule has 35 heavy (non-hydrogen) atoms. The van der Waals surface area contributed by atoms with E-state index in [1.54, 1.807) is 18.3 Å². The molecule has 1 aromatic carbocycles. The first-order valence-electron chi connectivity index (χ1n) is 10.4. The summed E-state index contributed by atoms with van der Waals surface area (Å²) in [6.07, 6.45) is 3.21. The average Bonchev–Trinajstić information content (AvgIpc) is 3.47. The van der Waals surface area contributed by atoms with Crippen molar-refractivity contribution >= 4 is 51.7 Å². The molecular formula is C21H19ClN8O5. The second-order valence-corrected chi connectivity index (χ2v) is 8.37. The van der Waals surface area contributed by atoms with E-state index >= 15 is 0 Å². The van der Waals surface area contributed by atoms with Gasteiger partial charge in [-0.15, -0.1) is 5.10 Å². The number of carbonyl (C=O) groups excluding carboxylic acids is 2. The summed E-state index contributed by atoms with van der Waals surface area (Å²) in [6, 6.07) is 6.23. The Hall–Kier alpha value is -4.07. The number of amides is 2. The SMILES string of the molecule is CC(O)(C(=O)Nc1cc(Cl)c2c(N)noc2c1)[C@H]1OCCN(c2ccn(-c3ccnnc3)n2)C1=O. The van der Waals surface area contributed by atoms with E-state index < -0.39 is 23.5 Å². The number of nitrogens with zero attached hydrogens (tertiary/aromatic N) is 6. The summed E-state index contributed by atoms with van der Waals surface area (Å²) in [6.45, 7) is 1.47. The molecule has 0 radical (unpaired) electrons. The van der Waals surface area contributed by atoms with Gasteiger partial charge < -0.3 is 25.4 Å². The second-order valence-electron chi connectivity index (χ2n) is 7.96. The molecule has 3 aromatic heterocycles. The van der Waals surface area contributed by atoms with Gasteiger partial charge in [0.05, 0.1) is 41.6 Å². The number of nitrogens with one attached hydrogen (secondary N) is 1. The predicted octanol–water partition coefficient (Wildman–Crippen LogP) is 1.16. The lowest BCUT2D eigenvalue weighted by Crippen LogP contribution is -2.61. The Morgan fingerprint density at radius 3 is 2.94 bits per heavy atom. The van der Waals surface area contributed by atoms with E-state index in [4.69, 9.17) is 26.6 Å². The molecule has 13 nitrogen and oxygen atoms in total. The van der Waals surface area contributed by atoms with Crippen LogP contribution in [-0.4, -0.2) is 66.9 Å². The number of ether oxygens (including phenoxy) is 1. The number of aromatic nitrogens is 5. The van der Waals surface area contributed by atoms with Crippen LogP contribution in [0.2, 0.25) is 5.02 Å². The summed E-state index contributed by atoms with van der Waals surface area (Å²) in [4.78, 5) is 27.6. The van der Waals surface area contributed by atoms with Crippen molar-refractivity contribution in [3.63, 3.8) is 0 Å². The van der Waals surface area contributed by atoms with Crippen LogP contribution >= 0.6 is 11.6 Å². The summed E-state index contributed by atoms with van der Waals surface area (Å²) >= 11 is 6.22. The normalized spacial score (nSPS) is 18.0. The highest BCUT2D eigenvalue weighted by molar-refractivity contribution is 6.36. The number of halogens is 1. The van der Waals surface area contributed by atoms with E-state index in [9.17, 15) is 14.7 Å². The third kappa shape index (κ3) is 4.05. The minimum Gasteiger partial charge on any atom is -0.380 e. The van der Waals surface area contributed by atoms with Gasteiger partial charge in [-0.2, -0.15) is 10.2 Å². The summed E-state index contributed by atoms with van der Waals surface area (Å²) in [5.74, 6) is -1.06. The van der Waals surface area contributed by atoms with Gasteiger partial charge in [-0.3, -0.25) is 14.5 Å². The summed E-state index contributed by atoms with van der Waals surface area (Å²) in [7, 11) is 0. The molecule has 1 unspecified atom stereocenters. The molecule has 5 rings (SSSR count). The van der Waals surface area contributed by atoms with E-state index in [0.717, 1.165) is 0 Å². The van der Waals surface area contributed by atoms with Crippen LogP contribution < -0.4 is 16.0 Å². The molecule has 14 heteroatoms. The Morgan fingerprint density at radius 2 is 2.17 bits per heavy atom. The lowest BCUT2D eigenvalue weighted by Gasteiger charge is -2.37. The topological polar surface area (TPSA) is 175 Å². The van der Waals surface area contributed by atoms with Crippen molar-refractivity contribution in [1.29, 1.82) is 0 Å². The standard InChI is InChI=1S/C21H19ClN8O5/c1-21(33,20(32)26-11-8-13(22)16-14(9-11)35-28-18(16)23)17-19(31)29(6-7-34-17)15-3-5-30(27-15)12-2-4-24-25-10-12/h2-5,8-10,17,33H,6-7H2,1H3,(H2,23,28)(H,26,32)/t17-,21?/m0/s1. The first-order valence-corrected chi connectivity index (χ1v) is 10.8. The van der Waals surface area contributed by atoms with Crippen molar-refractivity contribution in [3.8, 4) is 5.69 Å². The highest BCUT2D eigenvalue weighted by atomic mass is 35.5. The highest BCUT2D eigenvalue weighted by Crippen LogP contribution is 2.32. The number of rotatable bonds is 5. The zero-order chi connectivity index (χ0) is 24.7. The van der Waals surface area contributed by atoms with Gasteiger partial charge in [-0.05, 0) is 19.1 Å². The Morgan fingerprint density at radius 1 is 1.34 bits per heavy atom. The van der Waals surface area contributed by atoms with Gasteiger partial charge in [0.25, 0.3) is 11.8 Å². The van der Waals surface area contributed by atoms with Crippen LogP contribution in [0.4, 0.5) is 17.3 Å². The predicted molar refractivity (Wildman–Crippen MR) is 124 cm³/mol. The van der Waals surface area contributed by atoms with Gasteiger partial charge in [0.1, 0.15) is 0 Å². The molecule has 0 saturated carbocycles. The molecule has 1 fully saturated rings. The third-order valence-corrected chi connectivity index (χ3v) is 5.85. The molecule has 4 aromatic rings. The second kappa shape index (κ2) is 8.61. The molecule has 2 atom stereocenters. The van der Waals surface area contributed by atoms with Crippen LogP contribution in [0.1, 0.15) is 6.92 Å². The molecule has 0 bridgehead atoms. The number of nitrogen functional groups attached to an aromatic ring is 1. The van der Waals surface area contributed by atoms with E-state index in [2.05, 4.69) is 25.8 Å². The van der Waals surface area contributed by atoms with Crippen LogP contribution in [0, 0.1) is 0 Å². The van der Waals surface area contributed by atoms with Crippen molar-refractivity contribution in [2.45, 2.75) is 18.6 Å². The average molecular weight is 499 g/mol. The van der Waals surface area contributed by atoms with Gasteiger partial charge >= 0.3 is 0 Å². The Bertz CT molecular complexity index is 1420. The van der Waals surface area contributed by atoms with E-state index in [0.29, 0.717) is 16.9 Å². The fourth-order valence-electron chi connectivity index (χ4n) is 3.73. The molecule has 1 aliphatic rings. The van der Waals surface area contributed by atoms with E-state index in [1.165, 1.54) is 41.0 Å². The summed E-state index contributed by atoms with van der Waals surface area (Å²) in [5.41, 5.74) is 4.61. The van der Waals surface area contributed by atoms with Crippen molar-refractivity contribution in [2.24, 2.45) is 0 Å². The maximum atomic E-state index is 13.2. The maximum Gasteiger partial charge on any atom is 0.260 e. The van der Waals surface area contributed by atoms with Crippen molar-refractivity contribution in [3.05, 3.63) is 47.9 Å². The van der Waals surface area contributed by atoms with Gasteiger partial charge in [-0.25, -0.2) is 4.68 Å². The molecular weight excluding hydrogens is 480 g/mol. The number of fused-ring (bicyclic) bond motifs is 1. The Labute approximate surface area is 202 Å². The molecule has 1 saturated heterocycles. The quantitative estimate of drug-likeness (QED) is 0.362. The number of carbonyl (C=O) groups is 2. The van der Waals surface area contributed by atoms with Crippen LogP contribution in [0.5, 0.6) is 0 Å². The zero-order valence-electron chi connectivity index (χ0n) is 18.3. The van der Waals surface area contributed by atoms with Crippen LogP contribution in [0.3, 0.4) is 0 Å². The van der Waals surface area contributed by atoms with Gasteiger partial charge in [0.15, 0.2) is 28.9 Å². The molecule has 2 amide bonds. The molecule has 0 spiro atoms. The largest absolute Gasteiger partial charge is 0.380 e. The monoisotopic (exact) mass is 498 g/mol. The number of benzene rings is 1. The lowest BCUT2D eigenvalue weighted by atomic mass is 9.95. The summed E-state index contributed by atoms with van der Waals surface area (Å²) in [5, 5.41) is 29.8. The molecule has 4 heterocycles.